The first-order valence-corrected chi connectivity index (χ1v) is 6.41. The molecule has 1 nitrogen and oxygen atoms in total. The summed E-state index contributed by atoms with van der Waals surface area (Å²) in [6, 6.07) is 0. The van der Waals surface area contributed by atoms with Crippen molar-refractivity contribution in [2.24, 2.45) is 0 Å². The van der Waals surface area contributed by atoms with Crippen LogP contribution in [0.1, 0.15) is 26.2 Å². The average Bonchev–Trinajstić information content (AvgIpc) is 2.02. The Hall–Kier alpha value is 0.600. The Morgan fingerprint density at radius 3 is 2.67 bits per heavy atom. The first kappa shape index (κ1) is 10.7. The predicted octanol–water partition coefficient (Wildman–Crippen LogP) is 2.49. The summed E-state index contributed by atoms with van der Waals surface area (Å²) in [6.45, 7) is 3.32. The lowest BCUT2D eigenvalue weighted by Gasteiger charge is -2.41. The molecule has 3 heteroatoms. The zero-order chi connectivity index (χ0) is 8.86. The SMILES string of the molecule is CCSCCNC1(CCl)CCC1. The van der Waals surface area contributed by atoms with E-state index < -0.39 is 0 Å². The van der Waals surface area contributed by atoms with E-state index in [0.717, 1.165) is 12.4 Å². The lowest BCUT2D eigenvalue weighted by Crippen LogP contribution is -2.53. The van der Waals surface area contributed by atoms with Gasteiger partial charge in [0.15, 0.2) is 0 Å². The van der Waals surface area contributed by atoms with Crippen LogP contribution in [0.25, 0.3) is 0 Å². The van der Waals surface area contributed by atoms with Crippen LogP contribution in [0, 0.1) is 0 Å². The molecular formula is C9H18ClNS. The van der Waals surface area contributed by atoms with Crippen LogP contribution in [0.2, 0.25) is 0 Å². The summed E-state index contributed by atoms with van der Waals surface area (Å²) in [7, 11) is 0. The molecule has 1 saturated carbocycles. The molecule has 0 amide bonds. The monoisotopic (exact) mass is 207 g/mol. The van der Waals surface area contributed by atoms with Crippen molar-refractivity contribution in [1.29, 1.82) is 0 Å². The molecule has 0 unspecified atom stereocenters. The summed E-state index contributed by atoms with van der Waals surface area (Å²) in [5.41, 5.74) is 0.315. The van der Waals surface area contributed by atoms with Gasteiger partial charge in [0.25, 0.3) is 0 Å². The second kappa shape index (κ2) is 5.36. The van der Waals surface area contributed by atoms with E-state index in [4.69, 9.17) is 11.6 Å². The lowest BCUT2D eigenvalue weighted by molar-refractivity contribution is 0.218. The molecule has 0 radical (unpaired) electrons. The number of hydrogen-bond acceptors (Lipinski definition) is 2. The van der Waals surface area contributed by atoms with Crippen molar-refractivity contribution in [3.8, 4) is 0 Å². The lowest BCUT2D eigenvalue weighted by atomic mass is 9.78. The van der Waals surface area contributed by atoms with Crippen molar-refractivity contribution in [1.82, 2.24) is 5.32 Å². The number of thioether (sulfide) groups is 1. The number of nitrogens with one attached hydrogen (secondary N) is 1. The maximum Gasteiger partial charge on any atom is 0.0406 e. The van der Waals surface area contributed by atoms with Crippen LogP contribution in [0.15, 0.2) is 0 Å². The molecule has 0 saturated heterocycles. The van der Waals surface area contributed by atoms with Crippen molar-refractivity contribution in [3.63, 3.8) is 0 Å². The van der Waals surface area contributed by atoms with Crippen LogP contribution < -0.4 is 5.32 Å². The highest BCUT2D eigenvalue weighted by atomic mass is 35.5. The molecule has 0 aromatic heterocycles. The van der Waals surface area contributed by atoms with E-state index in [9.17, 15) is 0 Å². The van der Waals surface area contributed by atoms with Crippen LogP contribution in [0.5, 0.6) is 0 Å². The topological polar surface area (TPSA) is 12.0 Å². The maximum absolute atomic E-state index is 5.90. The third-order valence-electron chi connectivity index (χ3n) is 2.52. The second-order valence-electron chi connectivity index (χ2n) is 3.39. The largest absolute Gasteiger partial charge is 0.309 e. The first-order chi connectivity index (χ1) is 5.83. The normalized spacial score (nSPS) is 20.5. The van der Waals surface area contributed by atoms with Gasteiger partial charge in [-0.2, -0.15) is 11.8 Å². The minimum Gasteiger partial charge on any atom is -0.309 e. The molecule has 0 atom stereocenters. The molecule has 0 spiro atoms. The predicted molar refractivity (Wildman–Crippen MR) is 58.3 cm³/mol. The molecule has 0 aromatic carbocycles. The fourth-order valence-electron chi connectivity index (χ4n) is 1.49. The van der Waals surface area contributed by atoms with Gasteiger partial charge in [0, 0.05) is 23.7 Å². The number of hydrogen-bond donors (Lipinski definition) is 1. The quantitative estimate of drug-likeness (QED) is 0.531. The standard InChI is InChI=1S/C9H18ClNS/c1-2-12-7-6-11-9(8-10)4-3-5-9/h11H,2-8H2,1H3. The summed E-state index contributed by atoms with van der Waals surface area (Å²) >= 11 is 7.89. The molecule has 0 aromatic rings. The maximum atomic E-state index is 5.90. The summed E-state index contributed by atoms with van der Waals surface area (Å²) < 4.78 is 0. The molecule has 0 bridgehead atoms. The Balaban J connectivity index is 2.04. The van der Waals surface area contributed by atoms with Crippen LogP contribution in [0.4, 0.5) is 0 Å². The fourth-order valence-corrected chi connectivity index (χ4v) is 2.39. The van der Waals surface area contributed by atoms with E-state index in [1.54, 1.807) is 0 Å². The van der Waals surface area contributed by atoms with E-state index in [-0.39, 0.29) is 0 Å². The van der Waals surface area contributed by atoms with Crippen molar-refractivity contribution in [2.45, 2.75) is 31.7 Å². The molecule has 1 fully saturated rings. The van der Waals surface area contributed by atoms with Crippen LogP contribution in [-0.2, 0) is 0 Å². The Morgan fingerprint density at radius 2 is 2.25 bits per heavy atom. The molecule has 0 heterocycles. The highest BCUT2D eigenvalue weighted by Gasteiger charge is 2.34. The third kappa shape index (κ3) is 2.82. The Morgan fingerprint density at radius 1 is 1.50 bits per heavy atom. The first-order valence-electron chi connectivity index (χ1n) is 4.72. The van der Waals surface area contributed by atoms with Gasteiger partial charge in [-0.25, -0.2) is 0 Å². The highest BCUT2D eigenvalue weighted by Crippen LogP contribution is 2.32. The van der Waals surface area contributed by atoms with E-state index >= 15 is 0 Å². The van der Waals surface area contributed by atoms with E-state index in [2.05, 4.69) is 12.2 Å². The van der Waals surface area contributed by atoms with Crippen LogP contribution in [0.3, 0.4) is 0 Å². The summed E-state index contributed by atoms with van der Waals surface area (Å²) in [5, 5.41) is 3.56. The molecule has 1 rings (SSSR count). The molecule has 1 N–H and O–H groups in total. The van der Waals surface area contributed by atoms with Gasteiger partial charge in [-0.3, -0.25) is 0 Å². The van der Waals surface area contributed by atoms with Crippen molar-refractivity contribution in [3.05, 3.63) is 0 Å². The van der Waals surface area contributed by atoms with Gasteiger partial charge in [-0.1, -0.05) is 6.92 Å². The molecular weight excluding hydrogens is 190 g/mol. The van der Waals surface area contributed by atoms with E-state index in [1.807, 2.05) is 11.8 Å². The van der Waals surface area contributed by atoms with Crippen molar-refractivity contribution in [2.75, 3.05) is 23.9 Å². The number of rotatable bonds is 6. The highest BCUT2D eigenvalue weighted by molar-refractivity contribution is 7.99. The molecule has 72 valence electrons. The molecule has 12 heavy (non-hydrogen) atoms. The summed E-state index contributed by atoms with van der Waals surface area (Å²) in [6.07, 6.45) is 3.89. The molecule has 1 aliphatic rings. The van der Waals surface area contributed by atoms with Crippen molar-refractivity contribution >= 4 is 23.4 Å². The smallest absolute Gasteiger partial charge is 0.0406 e. The minimum atomic E-state index is 0.315. The van der Waals surface area contributed by atoms with Gasteiger partial charge >= 0.3 is 0 Å². The van der Waals surface area contributed by atoms with Gasteiger partial charge in [0.05, 0.1) is 0 Å². The Labute approximate surface area is 84.6 Å². The zero-order valence-corrected chi connectivity index (χ0v) is 9.31. The van der Waals surface area contributed by atoms with Crippen LogP contribution >= 0.6 is 23.4 Å². The van der Waals surface area contributed by atoms with Gasteiger partial charge in [0.1, 0.15) is 0 Å². The summed E-state index contributed by atoms with van der Waals surface area (Å²) in [5.74, 6) is 3.22. The second-order valence-corrected chi connectivity index (χ2v) is 5.05. The van der Waals surface area contributed by atoms with Gasteiger partial charge in [-0.15, -0.1) is 11.6 Å². The minimum absolute atomic E-state index is 0.315. The fraction of sp³-hybridized carbons (Fsp3) is 1.00. The molecule has 0 aliphatic heterocycles. The number of halogens is 1. The zero-order valence-electron chi connectivity index (χ0n) is 7.74. The number of alkyl halides is 1. The van der Waals surface area contributed by atoms with Crippen molar-refractivity contribution < 1.29 is 0 Å². The van der Waals surface area contributed by atoms with E-state index in [1.165, 1.54) is 30.8 Å². The summed E-state index contributed by atoms with van der Waals surface area (Å²) in [4.78, 5) is 0. The Bertz CT molecular complexity index is 120. The van der Waals surface area contributed by atoms with Gasteiger partial charge in [0.2, 0.25) is 0 Å². The van der Waals surface area contributed by atoms with Gasteiger partial charge < -0.3 is 5.32 Å². The van der Waals surface area contributed by atoms with E-state index in [0.29, 0.717) is 5.54 Å². The Kier molecular flexibility index (Phi) is 4.77. The third-order valence-corrected chi connectivity index (χ3v) is 3.93. The molecule has 1 aliphatic carbocycles. The average molecular weight is 208 g/mol. The van der Waals surface area contributed by atoms with Gasteiger partial charge in [-0.05, 0) is 25.0 Å². The van der Waals surface area contributed by atoms with Crippen LogP contribution in [-0.4, -0.2) is 29.5 Å².